The highest BCUT2D eigenvalue weighted by Crippen LogP contribution is 2.44. The van der Waals surface area contributed by atoms with Crippen molar-refractivity contribution in [1.29, 1.82) is 0 Å². The normalized spacial score (nSPS) is 15.2. The van der Waals surface area contributed by atoms with Crippen molar-refractivity contribution >= 4 is 12.1 Å². The number of aliphatic carboxylic acids is 1. The maximum Gasteiger partial charge on any atom is 0.407 e. The van der Waals surface area contributed by atoms with Crippen molar-refractivity contribution in [3.8, 4) is 11.1 Å². The summed E-state index contributed by atoms with van der Waals surface area (Å²) in [6.07, 6.45) is 4.00. The minimum Gasteiger partial charge on any atom is -0.480 e. The van der Waals surface area contributed by atoms with E-state index in [2.05, 4.69) is 41.7 Å². The summed E-state index contributed by atoms with van der Waals surface area (Å²) in [5.74, 6) is -1.13. The molecule has 168 valence electrons. The van der Waals surface area contributed by atoms with E-state index in [0.29, 0.717) is 0 Å². The van der Waals surface area contributed by atoms with Gasteiger partial charge in [0.15, 0.2) is 0 Å². The number of fused-ring (bicyclic) bond motifs is 4. The van der Waals surface area contributed by atoms with Crippen LogP contribution >= 0.6 is 0 Å². The first-order valence-electron chi connectivity index (χ1n) is 11.5. The van der Waals surface area contributed by atoms with E-state index in [1.54, 1.807) is 0 Å². The molecule has 5 rings (SSSR count). The first-order valence-corrected chi connectivity index (χ1v) is 11.5. The fourth-order valence-electron chi connectivity index (χ4n) is 5.13. The van der Waals surface area contributed by atoms with E-state index < -0.39 is 18.1 Å². The second-order valence-electron chi connectivity index (χ2n) is 8.88. The first kappa shape index (κ1) is 21.3. The van der Waals surface area contributed by atoms with Gasteiger partial charge in [-0.15, -0.1) is 0 Å². The standard InChI is InChI=1S/C28H27NO4/c30-27(31)26(16-18-13-14-19-7-1-2-8-20(19)15-18)29-28(32)33-17-25-23-11-5-3-9-21(23)22-10-4-6-12-24(22)25/h3-6,9-15,25-26H,1-2,7-8,16-17H2,(H,29,32)(H,30,31). The van der Waals surface area contributed by atoms with Crippen molar-refractivity contribution in [2.24, 2.45) is 0 Å². The van der Waals surface area contributed by atoms with Crippen LogP contribution in [0.3, 0.4) is 0 Å². The third kappa shape index (κ3) is 4.36. The van der Waals surface area contributed by atoms with Crippen LogP contribution in [-0.4, -0.2) is 29.8 Å². The molecule has 1 amide bonds. The van der Waals surface area contributed by atoms with Gasteiger partial charge in [-0.1, -0.05) is 66.7 Å². The lowest BCUT2D eigenvalue weighted by Crippen LogP contribution is -2.43. The lowest BCUT2D eigenvalue weighted by atomic mass is 9.89. The largest absolute Gasteiger partial charge is 0.480 e. The predicted octanol–water partition coefficient (Wildman–Crippen LogP) is 5.10. The molecule has 5 heteroatoms. The van der Waals surface area contributed by atoms with E-state index in [4.69, 9.17) is 4.74 Å². The predicted molar refractivity (Wildman–Crippen MR) is 126 cm³/mol. The van der Waals surface area contributed by atoms with E-state index in [9.17, 15) is 14.7 Å². The van der Waals surface area contributed by atoms with Crippen molar-refractivity contribution in [3.05, 3.63) is 94.5 Å². The van der Waals surface area contributed by atoms with Crippen LogP contribution in [0.5, 0.6) is 0 Å². The molecule has 5 nitrogen and oxygen atoms in total. The van der Waals surface area contributed by atoms with Gasteiger partial charge in [-0.2, -0.15) is 0 Å². The minimum atomic E-state index is -1.07. The Labute approximate surface area is 193 Å². The summed E-state index contributed by atoms with van der Waals surface area (Å²) in [6, 6.07) is 21.3. The number of carbonyl (C=O) groups is 2. The van der Waals surface area contributed by atoms with E-state index >= 15 is 0 Å². The summed E-state index contributed by atoms with van der Waals surface area (Å²) in [7, 11) is 0. The number of rotatable bonds is 6. The van der Waals surface area contributed by atoms with Crippen molar-refractivity contribution < 1.29 is 19.4 Å². The minimum absolute atomic E-state index is 0.0629. The van der Waals surface area contributed by atoms with Crippen LogP contribution in [0.2, 0.25) is 0 Å². The number of nitrogens with one attached hydrogen (secondary N) is 1. The maximum atomic E-state index is 12.6. The summed E-state index contributed by atoms with van der Waals surface area (Å²) >= 11 is 0. The summed E-state index contributed by atoms with van der Waals surface area (Å²) in [5.41, 5.74) is 8.11. The molecule has 0 bridgehead atoms. The Hall–Kier alpha value is -3.60. The Kier molecular flexibility index (Phi) is 5.86. The number of amides is 1. The quantitative estimate of drug-likeness (QED) is 0.558. The number of ether oxygens (including phenoxy) is 1. The third-order valence-electron chi connectivity index (χ3n) is 6.79. The smallest absolute Gasteiger partial charge is 0.407 e. The van der Waals surface area contributed by atoms with Crippen LogP contribution in [0.1, 0.15) is 46.6 Å². The van der Waals surface area contributed by atoms with Gasteiger partial charge in [0.2, 0.25) is 0 Å². The highest BCUT2D eigenvalue weighted by Gasteiger charge is 2.30. The molecule has 3 aromatic carbocycles. The first-order chi connectivity index (χ1) is 16.1. The average molecular weight is 442 g/mol. The number of hydrogen-bond donors (Lipinski definition) is 2. The fourth-order valence-corrected chi connectivity index (χ4v) is 5.13. The van der Waals surface area contributed by atoms with Gasteiger partial charge in [-0.25, -0.2) is 9.59 Å². The zero-order valence-electron chi connectivity index (χ0n) is 18.4. The SMILES string of the molecule is O=C(NC(Cc1ccc2c(c1)CCCC2)C(=O)O)OCC1c2ccccc2-c2ccccc21. The second-order valence-corrected chi connectivity index (χ2v) is 8.88. The summed E-state index contributed by atoms with van der Waals surface area (Å²) in [6.45, 7) is 0.158. The highest BCUT2D eigenvalue weighted by molar-refractivity contribution is 5.81. The molecule has 2 N–H and O–H groups in total. The lowest BCUT2D eigenvalue weighted by molar-refractivity contribution is -0.139. The van der Waals surface area contributed by atoms with Crippen molar-refractivity contribution in [1.82, 2.24) is 5.32 Å². The molecule has 1 atom stereocenters. The molecule has 3 aromatic rings. The van der Waals surface area contributed by atoms with Crippen LogP contribution in [0, 0.1) is 0 Å². The molecule has 33 heavy (non-hydrogen) atoms. The molecule has 0 radical (unpaired) electrons. The number of alkyl carbamates (subject to hydrolysis) is 1. The monoisotopic (exact) mass is 441 g/mol. The van der Waals surface area contributed by atoms with Crippen molar-refractivity contribution in [2.75, 3.05) is 6.61 Å². The van der Waals surface area contributed by atoms with Gasteiger partial charge in [0.1, 0.15) is 12.6 Å². The van der Waals surface area contributed by atoms with Crippen LogP contribution in [0.4, 0.5) is 4.79 Å². The molecular weight excluding hydrogens is 414 g/mol. The zero-order valence-corrected chi connectivity index (χ0v) is 18.4. The number of carboxylic acids is 1. The Morgan fingerprint density at radius 2 is 1.55 bits per heavy atom. The molecule has 0 spiro atoms. The second kappa shape index (κ2) is 9.10. The molecule has 0 aliphatic heterocycles. The molecule has 0 saturated heterocycles. The number of benzene rings is 3. The Morgan fingerprint density at radius 3 is 2.21 bits per heavy atom. The van der Waals surface area contributed by atoms with Gasteiger partial charge in [0.05, 0.1) is 0 Å². The van der Waals surface area contributed by atoms with Crippen LogP contribution in [-0.2, 0) is 28.8 Å². The van der Waals surface area contributed by atoms with Gasteiger partial charge in [0, 0.05) is 12.3 Å². The molecule has 2 aliphatic rings. The van der Waals surface area contributed by atoms with Crippen molar-refractivity contribution in [2.45, 2.75) is 44.1 Å². The van der Waals surface area contributed by atoms with Gasteiger partial charge >= 0.3 is 12.1 Å². The maximum absolute atomic E-state index is 12.6. The molecule has 2 aliphatic carbocycles. The van der Waals surface area contributed by atoms with Crippen LogP contribution < -0.4 is 5.32 Å². The van der Waals surface area contributed by atoms with Gasteiger partial charge in [-0.3, -0.25) is 0 Å². The molecule has 0 aromatic heterocycles. The van der Waals surface area contributed by atoms with Crippen LogP contribution in [0.25, 0.3) is 11.1 Å². The van der Waals surface area contributed by atoms with Gasteiger partial charge in [-0.05, 0) is 64.6 Å². The van der Waals surface area contributed by atoms with E-state index in [1.807, 2.05) is 30.3 Å². The fraction of sp³-hybridized carbons (Fsp3) is 0.286. The third-order valence-corrected chi connectivity index (χ3v) is 6.79. The van der Waals surface area contributed by atoms with Gasteiger partial charge < -0.3 is 15.2 Å². The number of hydrogen-bond acceptors (Lipinski definition) is 3. The lowest BCUT2D eigenvalue weighted by Gasteiger charge is -2.19. The molecule has 1 unspecified atom stereocenters. The summed E-state index contributed by atoms with van der Waals surface area (Å²) in [4.78, 5) is 24.4. The van der Waals surface area contributed by atoms with E-state index in [-0.39, 0.29) is 18.9 Å². The molecule has 0 saturated carbocycles. The number of carboxylic acid groups (broad SMARTS) is 1. The van der Waals surface area contributed by atoms with Crippen molar-refractivity contribution in [3.63, 3.8) is 0 Å². The van der Waals surface area contributed by atoms with Crippen LogP contribution in [0.15, 0.2) is 66.7 Å². The van der Waals surface area contributed by atoms with E-state index in [0.717, 1.165) is 47.1 Å². The zero-order chi connectivity index (χ0) is 22.8. The molecule has 0 heterocycles. The summed E-state index contributed by atoms with van der Waals surface area (Å²) < 4.78 is 5.54. The number of carbonyl (C=O) groups excluding carboxylic acids is 1. The number of aryl methyl sites for hydroxylation is 2. The van der Waals surface area contributed by atoms with E-state index in [1.165, 1.54) is 17.5 Å². The average Bonchev–Trinajstić information content (AvgIpc) is 3.16. The molecule has 0 fully saturated rings. The highest BCUT2D eigenvalue weighted by atomic mass is 16.5. The topological polar surface area (TPSA) is 75.6 Å². The Bertz CT molecular complexity index is 1160. The Morgan fingerprint density at radius 1 is 0.909 bits per heavy atom. The Balaban J connectivity index is 1.25. The summed E-state index contributed by atoms with van der Waals surface area (Å²) in [5, 5.41) is 12.2. The molecular formula is C28H27NO4. The van der Waals surface area contributed by atoms with Gasteiger partial charge in [0.25, 0.3) is 0 Å².